The number of carbonyl (C=O) groups is 1. The van der Waals surface area contributed by atoms with E-state index in [0.717, 1.165) is 63.5 Å². The molecule has 5 heteroatoms. The fourth-order valence-electron chi connectivity index (χ4n) is 3.73. The van der Waals surface area contributed by atoms with Crippen LogP contribution in [-0.4, -0.2) is 43.7 Å². The van der Waals surface area contributed by atoms with Crippen molar-refractivity contribution in [1.29, 1.82) is 0 Å². The first-order chi connectivity index (χ1) is 14.8. The molecule has 2 aromatic rings. The van der Waals surface area contributed by atoms with E-state index in [1.165, 1.54) is 30.4 Å². The normalized spacial score (nSPS) is 13.8. The lowest BCUT2D eigenvalue weighted by Gasteiger charge is -2.27. The zero-order chi connectivity index (χ0) is 21.0. The number of aryl methyl sites for hydroxylation is 2. The lowest BCUT2D eigenvalue weighted by Crippen LogP contribution is -2.48. The van der Waals surface area contributed by atoms with Gasteiger partial charge in [0.25, 0.3) is 0 Å². The number of amides is 2. The number of nitrogens with one attached hydrogen (secondary N) is 2. The van der Waals surface area contributed by atoms with Gasteiger partial charge in [0.2, 0.25) is 0 Å². The minimum absolute atomic E-state index is 0.00645. The number of urea groups is 1. The van der Waals surface area contributed by atoms with Crippen molar-refractivity contribution < 1.29 is 9.53 Å². The first-order valence-corrected chi connectivity index (χ1v) is 11.3. The molecule has 0 bridgehead atoms. The van der Waals surface area contributed by atoms with Crippen LogP contribution in [0.2, 0.25) is 0 Å². The van der Waals surface area contributed by atoms with Crippen LogP contribution in [0, 0.1) is 0 Å². The SMILES string of the molecule is CCc1ccccc1OCCCCCCc1ccc(NC(=O)N2CCNCC2)cc1. The van der Waals surface area contributed by atoms with E-state index in [1.54, 1.807) is 0 Å². The summed E-state index contributed by atoms with van der Waals surface area (Å²) >= 11 is 0. The molecule has 2 amide bonds. The zero-order valence-electron chi connectivity index (χ0n) is 18.2. The van der Waals surface area contributed by atoms with Crippen molar-refractivity contribution in [3.05, 3.63) is 59.7 Å². The molecule has 1 aliphatic heterocycles. The van der Waals surface area contributed by atoms with Gasteiger partial charge in [0.1, 0.15) is 5.75 Å². The van der Waals surface area contributed by atoms with E-state index in [1.807, 2.05) is 23.1 Å². The summed E-state index contributed by atoms with van der Waals surface area (Å²) in [6.07, 6.45) is 6.75. The van der Waals surface area contributed by atoms with E-state index in [-0.39, 0.29) is 6.03 Å². The van der Waals surface area contributed by atoms with Crippen molar-refractivity contribution in [2.24, 2.45) is 0 Å². The van der Waals surface area contributed by atoms with Crippen LogP contribution in [-0.2, 0) is 12.8 Å². The molecular formula is C25H35N3O2. The molecule has 0 radical (unpaired) electrons. The Balaban J connectivity index is 1.28. The zero-order valence-corrected chi connectivity index (χ0v) is 18.2. The smallest absolute Gasteiger partial charge is 0.321 e. The van der Waals surface area contributed by atoms with Gasteiger partial charge in [-0.1, -0.05) is 50.1 Å². The summed E-state index contributed by atoms with van der Waals surface area (Å²) in [5.41, 5.74) is 3.47. The van der Waals surface area contributed by atoms with Crippen molar-refractivity contribution in [3.8, 4) is 5.75 Å². The van der Waals surface area contributed by atoms with E-state index >= 15 is 0 Å². The summed E-state index contributed by atoms with van der Waals surface area (Å²) < 4.78 is 5.94. The number of para-hydroxylation sites is 1. The Morgan fingerprint density at radius 1 is 1.00 bits per heavy atom. The Morgan fingerprint density at radius 2 is 1.73 bits per heavy atom. The molecule has 2 N–H and O–H groups in total. The minimum atomic E-state index is -0.00645. The number of piperazine rings is 1. The van der Waals surface area contributed by atoms with Crippen LogP contribution >= 0.6 is 0 Å². The van der Waals surface area contributed by atoms with Gasteiger partial charge in [-0.3, -0.25) is 0 Å². The lowest BCUT2D eigenvalue weighted by molar-refractivity contribution is 0.204. The van der Waals surface area contributed by atoms with Gasteiger partial charge in [-0.25, -0.2) is 4.79 Å². The van der Waals surface area contributed by atoms with Crippen LogP contribution < -0.4 is 15.4 Å². The maximum absolute atomic E-state index is 12.3. The summed E-state index contributed by atoms with van der Waals surface area (Å²) in [5.74, 6) is 1.03. The third kappa shape index (κ3) is 7.06. The number of nitrogens with zero attached hydrogens (tertiary/aromatic N) is 1. The maximum Gasteiger partial charge on any atom is 0.321 e. The number of rotatable bonds is 10. The molecular weight excluding hydrogens is 374 g/mol. The van der Waals surface area contributed by atoms with Crippen molar-refractivity contribution in [3.63, 3.8) is 0 Å². The second kappa shape index (κ2) is 12.2. The van der Waals surface area contributed by atoms with Gasteiger partial charge in [-0.15, -0.1) is 0 Å². The molecule has 30 heavy (non-hydrogen) atoms. The van der Waals surface area contributed by atoms with Crippen LogP contribution in [0.25, 0.3) is 0 Å². The molecule has 1 fully saturated rings. The summed E-state index contributed by atoms with van der Waals surface area (Å²) in [6.45, 7) is 6.21. The summed E-state index contributed by atoms with van der Waals surface area (Å²) in [5, 5.41) is 6.26. The average Bonchev–Trinajstić information content (AvgIpc) is 2.80. The first-order valence-electron chi connectivity index (χ1n) is 11.3. The number of hydrogen-bond acceptors (Lipinski definition) is 3. The van der Waals surface area contributed by atoms with Gasteiger partial charge in [0, 0.05) is 31.9 Å². The molecule has 2 aromatic carbocycles. The lowest BCUT2D eigenvalue weighted by atomic mass is 10.1. The van der Waals surface area contributed by atoms with Gasteiger partial charge in [0.05, 0.1) is 6.61 Å². The van der Waals surface area contributed by atoms with Crippen LogP contribution in [0.5, 0.6) is 5.75 Å². The summed E-state index contributed by atoms with van der Waals surface area (Å²) in [4.78, 5) is 14.1. The molecule has 1 saturated heterocycles. The highest BCUT2D eigenvalue weighted by Gasteiger charge is 2.15. The fraction of sp³-hybridized carbons (Fsp3) is 0.480. The minimum Gasteiger partial charge on any atom is -0.493 e. The fourth-order valence-corrected chi connectivity index (χ4v) is 3.73. The monoisotopic (exact) mass is 409 g/mol. The predicted molar refractivity (Wildman–Crippen MR) is 123 cm³/mol. The van der Waals surface area contributed by atoms with E-state index in [4.69, 9.17) is 4.74 Å². The molecule has 3 rings (SSSR count). The highest BCUT2D eigenvalue weighted by atomic mass is 16.5. The number of carbonyl (C=O) groups excluding carboxylic acids is 1. The van der Waals surface area contributed by atoms with Crippen molar-refractivity contribution in [2.45, 2.75) is 45.4 Å². The second-order valence-corrected chi connectivity index (χ2v) is 7.84. The van der Waals surface area contributed by atoms with Crippen molar-refractivity contribution >= 4 is 11.7 Å². The average molecular weight is 410 g/mol. The molecule has 1 aliphatic rings. The molecule has 5 nitrogen and oxygen atoms in total. The number of ether oxygens (including phenoxy) is 1. The van der Waals surface area contributed by atoms with Gasteiger partial charge in [-0.2, -0.15) is 0 Å². The summed E-state index contributed by atoms with van der Waals surface area (Å²) in [7, 11) is 0. The Hall–Kier alpha value is -2.53. The highest BCUT2D eigenvalue weighted by molar-refractivity contribution is 5.89. The molecule has 0 aliphatic carbocycles. The molecule has 0 aromatic heterocycles. The van der Waals surface area contributed by atoms with Gasteiger partial charge in [-0.05, 0) is 55.0 Å². The molecule has 162 valence electrons. The van der Waals surface area contributed by atoms with Gasteiger partial charge in [0.15, 0.2) is 0 Å². The standard InChI is InChI=1S/C25H35N3O2/c1-2-22-10-6-7-11-24(22)30-20-8-4-3-5-9-21-12-14-23(15-13-21)27-25(29)28-18-16-26-17-19-28/h6-7,10-15,26H,2-5,8-9,16-20H2,1H3,(H,27,29). The van der Waals surface area contributed by atoms with E-state index < -0.39 is 0 Å². The van der Waals surface area contributed by atoms with Gasteiger partial charge < -0.3 is 20.3 Å². The number of hydrogen-bond donors (Lipinski definition) is 2. The van der Waals surface area contributed by atoms with Crippen LogP contribution in [0.4, 0.5) is 10.5 Å². The topological polar surface area (TPSA) is 53.6 Å². The van der Waals surface area contributed by atoms with E-state index in [0.29, 0.717) is 0 Å². The van der Waals surface area contributed by atoms with Crippen LogP contribution in [0.3, 0.4) is 0 Å². The van der Waals surface area contributed by atoms with E-state index in [2.05, 4.69) is 47.9 Å². The van der Waals surface area contributed by atoms with Crippen molar-refractivity contribution in [1.82, 2.24) is 10.2 Å². The molecule has 0 spiro atoms. The number of anilines is 1. The highest BCUT2D eigenvalue weighted by Crippen LogP contribution is 2.19. The Labute approximate surface area is 180 Å². The quantitative estimate of drug-likeness (QED) is 0.551. The van der Waals surface area contributed by atoms with Crippen LogP contribution in [0.1, 0.15) is 43.7 Å². The first kappa shape index (κ1) is 22.2. The maximum atomic E-state index is 12.3. The Kier molecular flexibility index (Phi) is 9.04. The number of unbranched alkanes of at least 4 members (excludes halogenated alkanes) is 3. The van der Waals surface area contributed by atoms with E-state index in [9.17, 15) is 4.79 Å². The molecule has 0 atom stereocenters. The largest absolute Gasteiger partial charge is 0.493 e. The summed E-state index contributed by atoms with van der Waals surface area (Å²) in [6, 6.07) is 16.6. The molecule has 0 unspecified atom stereocenters. The van der Waals surface area contributed by atoms with Gasteiger partial charge >= 0.3 is 6.03 Å². The predicted octanol–water partition coefficient (Wildman–Crippen LogP) is 4.87. The number of benzene rings is 2. The Bertz CT molecular complexity index is 770. The molecule has 0 saturated carbocycles. The van der Waals surface area contributed by atoms with Crippen LogP contribution in [0.15, 0.2) is 48.5 Å². The third-order valence-corrected chi connectivity index (χ3v) is 5.58. The molecule has 1 heterocycles. The Morgan fingerprint density at radius 3 is 2.50 bits per heavy atom. The van der Waals surface area contributed by atoms with Crippen molar-refractivity contribution in [2.75, 3.05) is 38.1 Å². The third-order valence-electron chi connectivity index (χ3n) is 5.58. The second-order valence-electron chi connectivity index (χ2n) is 7.84.